The fraction of sp³-hybridized carbons (Fsp3) is 0.259. The molecule has 10 heteroatoms. The number of benzene rings is 2. The molecule has 0 aliphatic rings. The second-order valence-corrected chi connectivity index (χ2v) is 9.62. The topological polar surface area (TPSA) is 108 Å². The number of aryl methyl sites for hydroxylation is 2. The smallest absolute Gasteiger partial charge is 0.294 e. The third kappa shape index (κ3) is 4.70. The zero-order chi connectivity index (χ0) is 26.3. The van der Waals surface area contributed by atoms with Crippen LogP contribution in [0.25, 0.3) is 33.2 Å². The van der Waals surface area contributed by atoms with Crippen molar-refractivity contribution in [3.63, 3.8) is 0 Å². The van der Waals surface area contributed by atoms with Crippen molar-refractivity contribution in [2.24, 2.45) is 7.05 Å². The van der Waals surface area contributed by atoms with E-state index in [1.54, 1.807) is 6.07 Å². The number of rotatable bonds is 8. The monoisotopic (exact) mass is 498 g/mol. The second kappa shape index (κ2) is 9.55. The zero-order valence-electron chi connectivity index (χ0n) is 21.6. The summed E-state index contributed by atoms with van der Waals surface area (Å²) in [4.78, 5) is 28.2. The number of hydrogen-bond donors (Lipinski definition) is 2. The van der Waals surface area contributed by atoms with Crippen LogP contribution in [0.1, 0.15) is 5.56 Å². The van der Waals surface area contributed by atoms with Crippen LogP contribution in [0, 0.1) is 17.0 Å². The number of nitro groups is 1. The third-order valence-electron chi connectivity index (χ3n) is 6.54. The van der Waals surface area contributed by atoms with Crippen molar-refractivity contribution >= 4 is 44.9 Å². The second-order valence-electron chi connectivity index (χ2n) is 9.62. The van der Waals surface area contributed by atoms with Gasteiger partial charge in [-0.25, -0.2) is 4.98 Å². The highest BCUT2D eigenvalue weighted by molar-refractivity contribution is 6.03. The van der Waals surface area contributed by atoms with Gasteiger partial charge in [0.25, 0.3) is 5.69 Å². The van der Waals surface area contributed by atoms with E-state index in [0.717, 1.165) is 34.1 Å². The average Bonchev–Trinajstić information content (AvgIpc) is 3.46. The molecule has 3 aromatic heterocycles. The maximum absolute atomic E-state index is 11.9. The van der Waals surface area contributed by atoms with E-state index in [-0.39, 0.29) is 10.6 Å². The van der Waals surface area contributed by atoms with Crippen LogP contribution in [0.15, 0.2) is 54.9 Å². The lowest BCUT2D eigenvalue weighted by Crippen LogP contribution is -2.28. The van der Waals surface area contributed by atoms with E-state index in [0.29, 0.717) is 29.5 Å². The van der Waals surface area contributed by atoms with Crippen LogP contribution >= 0.6 is 0 Å². The van der Waals surface area contributed by atoms with Gasteiger partial charge in [-0.2, -0.15) is 4.98 Å². The third-order valence-corrected chi connectivity index (χ3v) is 6.54. The molecule has 0 atom stereocenters. The van der Waals surface area contributed by atoms with Crippen LogP contribution in [0.3, 0.4) is 0 Å². The Morgan fingerprint density at radius 2 is 1.86 bits per heavy atom. The Bertz CT molecular complexity index is 1620. The minimum Gasteiger partial charge on any atom is -0.368 e. The van der Waals surface area contributed by atoms with Crippen molar-refractivity contribution in [3.8, 4) is 11.3 Å². The van der Waals surface area contributed by atoms with Gasteiger partial charge >= 0.3 is 0 Å². The number of likely N-dealkylation sites (N-methyl/N-ethyl adjacent to an activating group) is 2. The molecule has 2 aromatic carbocycles. The molecule has 0 fully saturated rings. The molecular weight excluding hydrogens is 468 g/mol. The highest BCUT2D eigenvalue weighted by Crippen LogP contribution is 2.35. The largest absolute Gasteiger partial charge is 0.368 e. The minimum atomic E-state index is -0.356. The van der Waals surface area contributed by atoms with Crippen molar-refractivity contribution in [1.29, 1.82) is 0 Å². The summed E-state index contributed by atoms with van der Waals surface area (Å²) in [7, 11) is 7.83. The zero-order valence-corrected chi connectivity index (χ0v) is 21.6. The van der Waals surface area contributed by atoms with Gasteiger partial charge in [0, 0.05) is 73.2 Å². The van der Waals surface area contributed by atoms with Gasteiger partial charge in [0.1, 0.15) is 11.3 Å². The molecule has 0 bridgehead atoms. The standard InChI is InChI=1S/C27H30N8O2/c1-17-6-8-22-20(14-17)21(16-34(22)5)25-19-10-11-28-26(19)31-27(30-25)29-18-7-9-23(24(15-18)35(36)37)33(4)13-12-32(2)3/h6-11,14-16H,12-13H2,1-5H3,(H2,28,29,30,31). The highest BCUT2D eigenvalue weighted by atomic mass is 16.6. The molecule has 2 N–H and O–H groups in total. The van der Waals surface area contributed by atoms with Crippen LogP contribution in [0.5, 0.6) is 0 Å². The molecule has 0 saturated heterocycles. The van der Waals surface area contributed by atoms with Crippen LogP contribution in [-0.4, -0.2) is 63.6 Å². The Kier molecular flexibility index (Phi) is 6.26. The molecule has 5 rings (SSSR count). The molecule has 0 saturated carbocycles. The van der Waals surface area contributed by atoms with E-state index in [2.05, 4.69) is 51.2 Å². The van der Waals surface area contributed by atoms with E-state index in [4.69, 9.17) is 4.98 Å². The molecule has 190 valence electrons. The summed E-state index contributed by atoms with van der Waals surface area (Å²) >= 11 is 0. The summed E-state index contributed by atoms with van der Waals surface area (Å²) in [6.07, 6.45) is 3.91. The molecular formula is C27H30N8O2. The van der Waals surface area contributed by atoms with E-state index in [1.807, 2.05) is 56.3 Å². The maximum atomic E-state index is 11.9. The number of aromatic nitrogens is 4. The number of fused-ring (bicyclic) bond motifs is 2. The summed E-state index contributed by atoms with van der Waals surface area (Å²) in [6, 6.07) is 13.4. The normalized spacial score (nSPS) is 11.5. The van der Waals surface area contributed by atoms with Crippen LogP contribution in [0.2, 0.25) is 0 Å². The first-order valence-electron chi connectivity index (χ1n) is 12.0. The van der Waals surface area contributed by atoms with Gasteiger partial charge in [0.2, 0.25) is 5.95 Å². The lowest BCUT2D eigenvalue weighted by molar-refractivity contribution is -0.384. The molecule has 10 nitrogen and oxygen atoms in total. The van der Waals surface area contributed by atoms with Gasteiger partial charge in [-0.1, -0.05) is 11.6 Å². The van der Waals surface area contributed by atoms with Crippen molar-refractivity contribution in [1.82, 2.24) is 24.4 Å². The number of anilines is 3. The van der Waals surface area contributed by atoms with Gasteiger partial charge in [-0.15, -0.1) is 0 Å². The van der Waals surface area contributed by atoms with Crippen LogP contribution < -0.4 is 10.2 Å². The molecule has 0 spiro atoms. The summed E-state index contributed by atoms with van der Waals surface area (Å²) in [5, 5.41) is 17.1. The van der Waals surface area contributed by atoms with Crippen molar-refractivity contribution < 1.29 is 4.92 Å². The van der Waals surface area contributed by atoms with Gasteiger partial charge < -0.3 is 24.7 Å². The number of nitrogens with zero attached hydrogens (tertiary/aromatic N) is 6. The Morgan fingerprint density at radius 3 is 2.62 bits per heavy atom. The lowest BCUT2D eigenvalue weighted by Gasteiger charge is -2.21. The van der Waals surface area contributed by atoms with E-state index in [1.165, 1.54) is 11.6 Å². The first-order valence-corrected chi connectivity index (χ1v) is 12.0. The Hall–Kier alpha value is -4.44. The van der Waals surface area contributed by atoms with Gasteiger partial charge in [0.05, 0.1) is 10.6 Å². The summed E-state index contributed by atoms with van der Waals surface area (Å²) in [5.41, 5.74) is 5.89. The van der Waals surface area contributed by atoms with Crippen molar-refractivity contribution in [3.05, 3.63) is 70.5 Å². The Morgan fingerprint density at radius 1 is 1.05 bits per heavy atom. The summed E-state index contributed by atoms with van der Waals surface area (Å²) < 4.78 is 2.09. The minimum absolute atomic E-state index is 0.0250. The number of nitrogens with one attached hydrogen (secondary N) is 2. The van der Waals surface area contributed by atoms with Crippen LogP contribution in [0.4, 0.5) is 23.0 Å². The molecule has 0 amide bonds. The predicted molar refractivity (Wildman–Crippen MR) is 149 cm³/mol. The number of aromatic amines is 1. The summed E-state index contributed by atoms with van der Waals surface area (Å²) in [5.74, 6) is 0.359. The molecule has 0 radical (unpaired) electrons. The van der Waals surface area contributed by atoms with Gasteiger partial charge in [0.15, 0.2) is 0 Å². The van der Waals surface area contributed by atoms with E-state index < -0.39 is 0 Å². The number of nitro benzene ring substituents is 1. The number of H-pyrrole nitrogens is 1. The SMILES string of the molecule is Cc1ccc2c(c1)c(-c1nc(Nc3ccc(N(C)CCN(C)C)c([N+](=O)[O-])c3)nc3[nH]ccc13)cn2C. The van der Waals surface area contributed by atoms with Crippen molar-refractivity contribution in [2.45, 2.75) is 6.92 Å². The molecule has 0 aliphatic carbocycles. The Labute approximate surface area is 214 Å². The quantitative estimate of drug-likeness (QED) is 0.227. The fourth-order valence-electron chi connectivity index (χ4n) is 4.57. The maximum Gasteiger partial charge on any atom is 0.294 e. The van der Waals surface area contributed by atoms with Gasteiger partial charge in [-0.05, 0) is 51.4 Å². The van der Waals surface area contributed by atoms with Crippen LogP contribution in [-0.2, 0) is 7.05 Å². The summed E-state index contributed by atoms with van der Waals surface area (Å²) in [6.45, 7) is 3.53. The first kappa shape index (κ1) is 24.3. The molecule has 0 unspecified atom stereocenters. The average molecular weight is 499 g/mol. The van der Waals surface area contributed by atoms with Crippen molar-refractivity contribution in [2.75, 3.05) is 44.4 Å². The molecule has 3 heterocycles. The molecule has 5 aromatic rings. The predicted octanol–water partition coefficient (Wildman–Crippen LogP) is 5.07. The van der Waals surface area contributed by atoms with E-state index >= 15 is 0 Å². The van der Waals surface area contributed by atoms with E-state index in [9.17, 15) is 10.1 Å². The fourth-order valence-corrected chi connectivity index (χ4v) is 4.57. The highest BCUT2D eigenvalue weighted by Gasteiger charge is 2.20. The number of hydrogen-bond acceptors (Lipinski definition) is 7. The first-order chi connectivity index (χ1) is 17.7. The lowest BCUT2D eigenvalue weighted by atomic mass is 10.1. The Balaban J connectivity index is 1.54. The molecule has 37 heavy (non-hydrogen) atoms. The molecule has 0 aliphatic heterocycles. The van der Waals surface area contributed by atoms with Gasteiger partial charge in [-0.3, -0.25) is 10.1 Å².